The summed E-state index contributed by atoms with van der Waals surface area (Å²) in [5.74, 6) is -0.963. The van der Waals surface area contributed by atoms with Crippen molar-refractivity contribution in [3.63, 3.8) is 0 Å². The van der Waals surface area contributed by atoms with Gasteiger partial charge in [-0.15, -0.1) is 5.10 Å². The van der Waals surface area contributed by atoms with Crippen molar-refractivity contribution >= 4 is 17.0 Å². The number of aromatic carboxylic acids is 1. The lowest BCUT2D eigenvalue weighted by Gasteiger charge is -2.23. The Morgan fingerprint density at radius 1 is 1.40 bits per heavy atom. The Kier molecular flexibility index (Phi) is 3.40. The first-order valence-corrected chi connectivity index (χ1v) is 6.96. The van der Waals surface area contributed by atoms with E-state index >= 15 is 0 Å². The van der Waals surface area contributed by atoms with Crippen molar-refractivity contribution in [3.8, 4) is 0 Å². The highest BCUT2D eigenvalue weighted by atomic mass is 16.4. The molecule has 2 aromatic rings. The molecule has 1 N–H and O–H groups in total. The van der Waals surface area contributed by atoms with Gasteiger partial charge in [0.2, 0.25) is 0 Å². The molecule has 0 aliphatic carbocycles. The highest BCUT2D eigenvalue weighted by Gasteiger charge is 2.20. The number of carbonyl (C=O) groups is 1. The summed E-state index contributed by atoms with van der Waals surface area (Å²) in [7, 11) is 0. The van der Waals surface area contributed by atoms with Crippen LogP contribution in [0.25, 0.3) is 11.0 Å². The summed E-state index contributed by atoms with van der Waals surface area (Å²) >= 11 is 0. The highest BCUT2D eigenvalue weighted by Crippen LogP contribution is 2.18. The van der Waals surface area contributed by atoms with E-state index in [0.29, 0.717) is 11.6 Å². The van der Waals surface area contributed by atoms with Crippen molar-refractivity contribution in [3.05, 3.63) is 23.8 Å². The molecule has 0 bridgehead atoms. The van der Waals surface area contributed by atoms with Crippen LogP contribution in [0.3, 0.4) is 0 Å². The number of carboxylic acids is 1. The van der Waals surface area contributed by atoms with Gasteiger partial charge in [0.05, 0.1) is 17.6 Å². The van der Waals surface area contributed by atoms with Gasteiger partial charge in [0.1, 0.15) is 5.52 Å². The first-order valence-electron chi connectivity index (χ1n) is 6.96. The molecule has 3 rings (SSSR count). The van der Waals surface area contributed by atoms with Crippen LogP contribution in [0.4, 0.5) is 0 Å². The van der Waals surface area contributed by atoms with Gasteiger partial charge in [0, 0.05) is 6.04 Å². The Morgan fingerprint density at radius 2 is 2.15 bits per heavy atom. The number of nitrogens with zero attached hydrogens (tertiary/aromatic N) is 4. The topological polar surface area (TPSA) is 71.2 Å². The van der Waals surface area contributed by atoms with Crippen LogP contribution in [-0.4, -0.2) is 50.1 Å². The van der Waals surface area contributed by atoms with E-state index < -0.39 is 5.97 Å². The van der Waals surface area contributed by atoms with Gasteiger partial charge < -0.3 is 5.11 Å². The van der Waals surface area contributed by atoms with Crippen LogP contribution in [0.15, 0.2) is 18.2 Å². The SMILES string of the molecule is CC(Cn1nnc2c(C(=O)O)cccc21)N1CCCC1. The molecule has 0 saturated carbocycles. The van der Waals surface area contributed by atoms with Crippen LogP contribution in [0.5, 0.6) is 0 Å². The zero-order valence-corrected chi connectivity index (χ0v) is 11.5. The standard InChI is InChI=1S/C14H18N4O2/c1-10(17-7-2-3-8-17)9-18-12-6-4-5-11(14(19)20)13(12)15-16-18/h4-6,10H,2-3,7-9H2,1H3,(H,19,20). The lowest BCUT2D eigenvalue weighted by molar-refractivity contribution is 0.0699. The lowest BCUT2D eigenvalue weighted by Crippen LogP contribution is -2.33. The van der Waals surface area contributed by atoms with Gasteiger partial charge in [-0.2, -0.15) is 0 Å². The Balaban J connectivity index is 1.89. The first-order chi connectivity index (χ1) is 9.66. The van der Waals surface area contributed by atoms with Gasteiger partial charge in [0.25, 0.3) is 0 Å². The predicted molar refractivity (Wildman–Crippen MR) is 74.8 cm³/mol. The molecule has 1 aliphatic heterocycles. The van der Waals surface area contributed by atoms with Crippen molar-refractivity contribution in [1.82, 2.24) is 19.9 Å². The Morgan fingerprint density at radius 3 is 2.85 bits per heavy atom. The van der Waals surface area contributed by atoms with Gasteiger partial charge in [0.15, 0.2) is 0 Å². The minimum Gasteiger partial charge on any atom is -0.478 e. The number of hydrogen-bond acceptors (Lipinski definition) is 4. The van der Waals surface area contributed by atoms with Gasteiger partial charge in [-0.05, 0) is 45.0 Å². The number of aromatic nitrogens is 3. The number of fused-ring (bicyclic) bond motifs is 1. The fourth-order valence-electron chi connectivity index (χ4n) is 2.85. The maximum absolute atomic E-state index is 11.2. The fourth-order valence-corrected chi connectivity index (χ4v) is 2.85. The Bertz CT molecular complexity index is 631. The second kappa shape index (κ2) is 5.20. The normalized spacial score (nSPS) is 17.6. The van der Waals surface area contributed by atoms with E-state index in [4.69, 9.17) is 5.11 Å². The number of carboxylic acid groups (broad SMARTS) is 1. The molecule has 1 unspecified atom stereocenters. The molecule has 1 aliphatic rings. The summed E-state index contributed by atoms with van der Waals surface area (Å²) in [5, 5.41) is 17.3. The molecule has 2 heterocycles. The molecular formula is C14H18N4O2. The molecule has 6 nitrogen and oxygen atoms in total. The van der Waals surface area contributed by atoms with Crippen molar-refractivity contribution in [2.24, 2.45) is 0 Å². The van der Waals surface area contributed by atoms with Gasteiger partial charge in [-0.25, -0.2) is 9.48 Å². The van der Waals surface area contributed by atoms with E-state index in [2.05, 4.69) is 22.1 Å². The van der Waals surface area contributed by atoms with Crippen molar-refractivity contribution in [1.29, 1.82) is 0 Å². The largest absolute Gasteiger partial charge is 0.478 e. The molecule has 6 heteroatoms. The second-order valence-electron chi connectivity index (χ2n) is 5.34. The van der Waals surface area contributed by atoms with Gasteiger partial charge >= 0.3 is 5.97 Å². The van der Waals surface area contributed by atoms with Crippen LogP contribution < -0.4 is 0 Å². The lowest BCUT2D eigenvalue weighted by atomic mass is 10.2. The molecular weight excluding hydrogens is 256 g/mol. The van der Waals surface area contributed by atoms with E-state index in [1.54, 1.807) is 12.1 Å². The minimum absolute atomic E-state index is 0.211. The van der Waals surface area contributed by atoms with Crippen LogP contribution in [0, 0.1) is 0 Å². The molecule has 106 valence electrons. The van der Waals surface area contributed by atoms with Crippen LogP contribution >= 0.6 is 0 Å². The molecule has 0 radical (unpaired) electrons. The predicted octanol–water partition coefficient (Wildman–Crippen LogP) is 1.61. The third kappa shape index (κ3) is 2.27. The molecule has 1 atom stereocenters. The second-order valence-corrected chi connectivity index (χ2v) is 5.34. The van der Waals surface area contributed by atoms with E-state index in [1.165, 1.54) is 12.8 Å². The summed E-state index contributed by atoms with van der Waals surface area (Å²) in [5.41, 5.74) is 1.46. The van der Waals surface area contributed by atoms with Gasteiger partial charge in [-0.3, -0.25) is 4.90 Å². The summed E-state index contributed by atoms with van der Waals surface area (Å²) in [6, 6.07) is 5.56. The van der Waals surface area contributed by atoms with E-state index in [-0.39, 0.29) is 5.56 Å². The van der Waals surface area contributed by atoms with E-state index in [1.807, 2.05) is 10.7 Å². The minimum atomic E-state index is -0.963. The van der Waals surface area contributed by atoms with Crippen LogP contribution in [0.2, 0.25) is 0 Å². The van der Waals surface area contributed by atoms with Crippen LogP contribution in [-0.2, 0) is 6.54 Å². The number of rotatable bonds is 4. The Labute approximate surface area is 117 Å². The number of hydrogen-bond donors (Lipinski definition) is 1. The third-order valence-corrected chi connectivity index (χ3v) is 3.98. The smallest absolute Gasteiger partial charge is 0.338 e. The van der Waals surface area contributed by atoms with Gasteiger partial charge in [-0.1, -0.05) is 11.3 Å². The van der Waals surface area contributed by atoms with E-state index in [0.717, 1.165) is 25.2 Å². The zero-order chi connectivity index (χ0) is 14.1. The average Bonchev–Trinajstić information content (AvgIpc) is 3.08. The van der Waals surface area contributed by atoms with Crippen LogP contribution in [0.1, 0.15) is 30.1 Å². The summed E-state index contributed by atoms with van der Waals surface area (Å²) < 4.78 is 1.81. The Hall–Kier alpha value is -1.95. The quantitative estimate of drug-likeness (QED) is 0.917. The molecule has 0 amide bonds. The first kappa shape index (κ1) is 13.1. The summed E-state index contributed by atoms with van der Waals surface area (Å²) in [6.45, 7) is 5.18. The molecule has 1 fully saturated rings. The maximum Gasteiger partial charge on any atom is 0.338 e. The van der Waals surface area contributed by atoms with Crippen molar-refractivity contribution in [2.45, 2.75) is 32.4 Å². The maximum atomic E-state index is 11.2. The number of benzene rings is 1. The molecule has 1 aromatic heterocycles. The molecule has 1 aromatic carbocycles. The summed E-state index contributed by atoms with van der Waals surface area (Å²) in [6.07, 6.45) is 2.51. The molecule has 1 saturated heterocycles. The monoisotopic (exact) mass is 274 g/mol. The molecule has 0 spiro atoms. The van der Waals surface area contributed by atoms with Crippen molar-refractivity contribution < 1.29 is 9.90 Å². The average molecular weight is 274 g/mol. The third-order valence-electron chi connectivity index (χ3n) is 3.98. The number of likely N-dealkylation sites (tertiary alicyclic amines) is 1. The summed E-state index contributed by atoms with van der Waals surface area (Å²) in [4.78, 5) is 13.6. The van der Waals surface area contributed by atoms with E-state index in [9.17, 15) is 4.79 Å². The highest BCUT2D eigenvalue weighted by molar-refractivity contribution is 6.00. The molecule has 20 heavy (non-hydrogen) atoms. The zero-order valence-electron chi connectivity index (χ0n) is 11.5. The van der Waals surface area contributed by atoms with Crippen molar-refractivity contribution in [2.75, 3.05) is 13.1 Å². The fraction of sp³-hybridized carbons (Fsp3) is 0.500.